The minimum Gasteiger partial charge on any atom is -0.494 e. The van der Waals surface area contributed by atoms with Crippen LogP contribution in [-0.2, 0) is 4.79 Å². The molecule has 0 saturated carbocycles. The van der Waals surface area contributed by atoms with Crippen LogP contribution in [0.3, 0.4) is 0 Å². The van der Waals surface area contributed by atoms with Crippen LogP contribution in [0.25, 0.3) is 17.3 Å². The van der Waals surface area contributed by atoms with Crippen molar-refractivity contribution in [1.82, 2.24) is 14.8 Å². The summed E-state index contributed by atoms with van der Waals surface area (Å²) in [6.45, 7) is 1.88. The number of ether oxygens (including phenoxy) is 2. The van der Waals surface area contributed by atoms with E-state index in [0.717, 1.165) is 24.4 Å². The number of furan rings is 1. The smallest absolute Gasteiger partial charge is 0.303 e. The first-order chi connectivity index (χ1) is 14.5. The molecule has 0 aliphatic rings. The van der Waals surface area contributed by atoms with Gasteiger partial charge < -0.3 is 19.0 Å². The zero-order valence-corrected chi connectivity index (χ0v) is 18.1. The third-order valence-electron chi connectivity index (χ3n) is 4.49. The summed E-state index contributed by atoms with van der Waals surface area (Å²) in [5.41, 5.74) is 0.699. The first-order valence-corrected chi connectivity index (χ1v) is 10.6. The lowest BCUT2D eigenvalue weighted by atomic mass is 10.2. The summed E-state index contributed by atoms with van der Waals surface area (Å²) in [7, 11) is 3.21. The predicted molar refractivity (Wildman–Crippen MR) is 114 cm³/mol. The lowest BCUT2D eigenvalue weighted by molar-refractivity contribution is -0.137. The first-order valence-electron chi connectivity index (χ1n) is 9.63. The fourth-order valence-corrected chi connectivity index (χ4v) is 3.99. The number of carboxylic acids is 1. The number of methoxy groups -OCH3 is 2. The van der Waals surface area contributed by atoms with Gasteiger partial charge in [0.05, 0.1) is 14.2 Å². The topological polar surface area (TPSA) is 99.6 Å². The zero-order valence-electron chi connectivity index (χ0n) is 17.3. The molecular weight excluding hydrogens is 406 g/mol. The Balaban J connectivity index is 1.94. The molecule has 1 aromatic carbocycles. The Bertz CT molecular complexity index is 976. The molecule has 8 nitrogen and oxygen atoms in total. The van der Waals surface area contributed by atoms with Gasteiger partial charge in [0, 0.05) is 12.2 Å². The van der Waals surface area contributed by atoms with Crippen molar-refractivity contribution in [2.24, 2.45) is 0 Å². The summed E-state index contributed by atoms with van der Waals surface area (Å²) in [4.78, 5) is 10.7. The number of para-hydroxylation sites is 1. The Hall–Kier alpha value is -2.94. The van der Waals surface area contributed by atoms with Gasteiger partial charge in [0.15, 0.2) is 10.9 Å². The van der Waals surface area contributed by atoms with E-state index in [0.29, 0.717) is 40.3 Å². The molecule has 160 valence electrons. The summed E-state index contributed by atoms with van der Waals surface area (Å²) < 4.78 is 18.9. The highest BCUT2D eigenvalue weighted by Crippen LogP contribution is 2.38. The number of aliphatic carboxylic acids is 1. The number of nitrogens with zero attached hydrogens (tertiary/aromatic N) is 3. The molecule has 0 fully saturated rings. The molecule has 0 unspecified atom stereocenters. The van der Waals surface area contributed by atoms with Gasteiger partial charge in [0.1, 0.15) is 22.9 Å². The summed E-state index contributed by atoms with van der Waals surface area (Å²) in [6.07, 6.45) is 2.58. The van der Waals surface area contributed by atoms with Crippen LogP contribution in [0, 0.1) is 6.92 Å². The number of carbonyl (C=O) groups is 1. The number of carboxylic acid groups (broad SMARTS) is 1. The molecule has 3 rings (SSSR count). The molecular formula is C21H25N3O5S. The van der Waals surface area contributed by atoms with E-state index >= 15 is 0 Å². The lowest BCUT2D eigenvalue weighted by Gasteiger charge is -2.16. The van der Waals surface area contributed by atoms with Gasteiger partial charge >= 0.3 is 5.97 Å². The maximum atomic E-state index is 10.7. The highest BCUT2D eigenvalue weighted by atomic mass is 32.2. The van der Waals surface area contributed by atoms with Crippen LogP contribution in [0.15, 0.2) is 39.9 Å². The van der Waals surface area contributed by atoms with Crippen LogP contribution >= 0.6 is 11.8 Å². The average molecular weight is 432 g/mol. The van der Waals surface area contributed by atoms with Crippen molar-refractivity contribution in [2.75, 3.05) is 20.0 Å². The van der Waals surface area contributed by atoms with Crippen LogP contribution in [0.1, 0.15) is 31.4 Å². The zero-order chi connectivity index (χ0) is 21.5. The number of rotatable bonds is 11. The predicted octanol–water partition coefficient (Wildman–Crippen LogP) is 4.59. The van der Waals surface area contributed by atoms with Crippen molar-refractivity contribution in [3.63, 3.8) is 0 Å². The Morgan fingerprint density at radius 3 is 2.43 bits per heavy atom. The fraction of sp³-hybridized carbons (Fsp3) is 0.381. The monoisotopic (exact) mass is 431 g/mol. The molecule has 0 bridgehead atoms. The maximum absolute atomic E-state index is 10.7. The van der Waals surface area contributed by atoms with Crippen molar-refractivity contribution in [3.8, 4) is 28.8 Å². The molecule has 1 N–H and O–H groups in total. The number of unbranched alkanes of at least 4 members (excludes halogenated alkanes) is 2. The highest BCUT2D eigenvalue weighted by Gasteiger charge is 2.24. The van der Waals surface area contributed by atoms with Crippen LogP contribution in [0.2, 0.25) is 0 Å². The summed E-state index contributed by atoms with van der Waals surface area (Å²) in [5, 5.41) is 18.2. The number of thioether (sulfide) groups is 1. The van der Waals surface area contributed by atoms with Gasteiger partial charge in [-0.15, -0.1) is 10.2 Å². The minimum atomic E-state index is -0.760. The van der Waals surface area contributed by atoms with E-state index in [-0.39, 0.29) is 6.42 Å². The molecule has 30 heavy (non-hydrogen) atoms. The quantitative estimate of drug-likeness (QED) is 0.348. The number of aromatic nitrogens is 3. The minimum absolute atomic E-state index is 0.196. The molecule has 2 heterocycles. The summed E-state index contributed by atoms with van der Waals surface area (Å²) in [5.74, 6) is 3.21. The second-order valence-electron chi connectivity index (χ2n) is 6.62. The third-order valence-corrected chi connectivity index (χ3v) is 5.50. The van der Waals surface area contributed by atoms with Gasteiger partial charge in [-0.1, -0.05) is 24.2 Å². The Labute approximate surface area is 179 Å². The van der Waals surface area contributed by atoms with Crippen LogP contribution < -0.4 is 9.47 Å². The van der Waals surface area contributed by atoms with Crippen molar-refractivity contribution < 1.29 is 23.8 Å². The number of hydrogen-bond acceptors (Lipinski definition) is 7. The normalized spacial score (nSPS) is 10.9. The number of benzene rings is 1. The van der Waals surface area contributed by atoms with E-state index in [1.807, 2.05) is 41.8 Å². The molecule has 0 saturated heterocycles. The van der Waals surface area contributed by atoms with E-state index in [2.05, 4.69) is 10.2 Å². The number of hydrogen-bond donors (Lipinski definition) is 1. The Kier molecular flexibility index (Phi) is 7.40. The van der Waals surface area contributed by atoms with E-state index in [4.69, 9.17) is 19.0 Å². The largest absolute Gasteiger partial charge is 0.494 e. The van der Waals surface area contributed by atoms with Crippen molar-refractivity contribution >= 4 is 17.7 Å². The van der Waals surface area contributed by atoms with Crippen LogP contribution in [-0.4, -0.2) is 45.8 Å². The molecule has 0 radical (unpaired) electrons. The van der Waals surface area contributed by atoms with E-state index in [1.165, 1.54) is 0 Å². The second kappa shape index (κ2) is 10.2. The van der Waals surface area contributed by atoms with Crippen molar-refractivity contribution in [2.45, 2.75) is 37.8 Å². The van der Waals surface area contributed by atoms with E-state index in [9.17, 15) is 4.79 Å². The highest BCUT2D eigenvalue weighted by molar-refractivity contribution is 7.99. The van der Waals surface area contributed by atoms with Crippen molar-refractivity contribution in [3.05, 3.63) is 36.1 Å². The van der Waals surface area contributed by atoms with Gasteiger partial charge in [-0.3, -0.25) is 9.36 Å². The van der Waals surface area contributed by atoms with Gasteiger partial charge in [-0.2, -0.15) is 0 Å². The maximum Gasteiger partial charge on any atom is 0.303 e. The average Bonchev–Trinajstić information content (AvgIpc) is 3.35. The summed E-state index contributed by atoms with van der Waals surface area (Å²) in [6, 6.07) is 9.31. The van der Waals surface area contributed by atoms with E-state index in [1.54, 1.807) is 26.0 Å². The van der Waals surface area contributed by atoms with Gasteiger partial charge in [0.25, 0.3) is 0 Å². The standard InChI is InChI=1S/C21H25N3O5S/c1-14-11-12-17(29-14)20-22-23-21(30-13-6-4-5-10-18(25)26)24(20)19-15(27-2)8-7-9-16(19)28-3/h7-9,11-12H,4-6,10,13H2,1-3H3,(H,25,26). The van der Waals surface area contributed by atoms with E-state index < -0.39 is 5.97 Å². The first kappa shape index (κ1) is 21.8. The second-order valence-corrected chi connectivity index (χ2v) is 7.68. The molecule has 0 spiro atoms. The fourth-order valence-electron chi connectivity index (χ4n) is 3.05. The molecule has 0 atom stereocenters. The van der Waals surface area contributed by atoms with Gasteiger partial charge in [-0.25, -0.2) is 0 Å². The number of aryl methyl sites for hydroxylation is 1. The summed E-state index contributed by atoms with van der Waals surface area (Å²) >= 11 is 1.55. The molecule has 0 aliphatic carbocycles. The SMILES string of the molecule is COc1cccc(OC)c1-n1c(SCCCCCC(=O)O)nnc1-c1ccc(C)o1. The van der Waals surface area contributed by atoms with Gasteiger partial charge in [0.2, 0.25) is 5.82 Å². The molecule has 3 aromatic rings. The molecule has 0 amide bonds. The third kappa shape index (κ3) is 4.96. The molecule has 9 heteroatoms. The van der Waals surface area contributed by atoms with Crippen molar-refractivity contribution in [1.29, 1.82) is 0 Å². The Morgan fingerprint density at radius 2 is 1.83 bits per heavy atom. The lowest BCUT2D eigenvalue weighted by Crippen LogP contribution is -2.05. The van der Waals surface area contributed by atoms with Crippen LogP contribution in [0.4, 0.5) is 0 Å². The molecule has 0 aliphatic heterocycles. The van der Waals surface area contributed by atoms with Crippen LogP contribution in [0.5, 0.6) is 11.5 Å². The Morgan fingerprint density at radius 1 is 1.10 bits per heavy atom. The van der Waals surface area contributed by atoms with Gasteiger partial charge in [-0.05, 0) is 44.0 Å². The molecule has 2 aromatic heterocycles.